The minimum atomic E-state index is -3.34. The molecule has 0 bridgehead atoms. The molecule has 1 aromatic heterocycles. The van der Waals surface area contributed by atoms with Gasteiger partial charge in [-0.1, -0.05) is 37.8 Å². The number of Topliss-reactive ketones (excluding diaryl/α,β-unsaturated/α-hetero) is 1. The molecule has 36 heavy (non-hydrogen) atoms. The first-order chi connectivity index (χ1) is 17.1. The van der Waals surface area contributed by atoms with Gasteiger partial charge in [0.1, 0.15) is 5.78 Å². The van der Waals surface area contributed by atoms with Crippen molar-refractivity contribution in [3.05, 3.63) is 59.4 Å². The maximum Gasteiger partial charge on any atom is 0.354 e. The molecule has 0 aliphatic heterocycles. The first-order valence-electron chi connectivity index (χ1n) is 12.3. The number of carbonyl (C=O) groups excluding carboxylic acids is 1. The summed E-state index contributed by atoms with van der Waals surface area (Å²) in [5, 5.41) is 0. The van der Waals surface area contributed by atoms with Gasteiger partial charge in [-0.3, -0.25) is 19.3 Å². The quantitative estimate of drug-likeness (QED) is 0.306. The van der Waals surface area contributed by atoms with Crippen molar-refractivity contribution in [3.63, 3.8) is 0 Å². The van der Waals surface area contributed by atoms with E-state index in [1.165, 1.54) is 37.2 Å². The summed E-state index contributed by atoms with van der Waals surface area (Å²) in [4.78, 5) is 22.3. The van der Waals surface area contributed by atoms with Crippen LogP contribution in [0, 0.1) is 5.92 Å². The molecule has 1 saturated carbocycles. The van der Waals surface area contributed by atoms with Crippen LogP contribution in [0.1, 0.15) is 68.8 Å². The van der Waals surface area contributed by atoms with Crippen LogP contribution in [-0.4, -0.2) is 43.6 Å². The molecule has 196 valence electrons. The Labute approximate surface area is 214 Å². The topological polar surface area (TPSA) is 113 Å². The fraction of sp³-hybridized carbons (Fsp3) is 0.500. The van der Waals surface area contributed by atoms with Crippen LogP contribution in [0.15, 0.2) is 47.4 Å². The fourth-order valence-corrected chi connectivity index (χ4v) is 6.41. The molecule has 1 heterocycles. The minimum absolute atomic E-state index is 0.0313. The molecule has 0 radical (unpaired) electrons. The summed E-state index contributed by atoms with van der Waals surface area (Å²) in [6.07, 6.45) is 11.2. The maximum atomic E-state index is 13.4. The van der Waals surface area contributed by atoms with Gasteiger partial charge in [0, 0.05) is 24.2 Å². The first-order valence-corrected chi connectivity index (χ1v) is 15.9. The number of carbonyl (C=O) groups is 1. The standard InChI is InChI=1S/C26H35N2O6PS/c1-4-33-35(30,34-5-2)15-14-22-18-28-23(19-27-22)17-26(29)25(16-20-8-6-7-9-20)21-10-12-24(13-11-21)36(3,31)32/h10-15,18-20,25H,4-9,16-17H2,1-3H3/b15-14+/t25-/m1/s1. The molecular weight excluding hydrogens is 499 g/mol. The minimum Gasteiger partial charge on any atom is -0.306 e. The van der Waals surface area contributed by atoms with Gasteiger partial charge < -0.3 is 9.05 Å². The Morgan fingerprint density at radius 3 is 2.25 bits per heavy atom. The lowest BCUT2D eigenvalue weighted by atomic mass is 9.83. The highest BCUT2D eigenvalue weighted by Crippen LogP contribution is 2.50. The SMILES string of the molecule is CCOP(=O)(/C=C/c1cnc(CC(=O)[C@H](CC2CCCC2)c2ccc(S(C)(=O)=O)cc2)cn1)OCC. The highest BCUT2D eigenvalue weighted by Gasteiger charge is 2.27. The Kier molecular flexibility index (Phi) is 10.1. The monoisotopic (exact) mass is 534 g/mol. The zero-order chi connectivity index (χ0) is 26.2. The number of nitrogens with zero attached hydrogens (tertiary/aromatic N) is 2. The molecular formula is C26H35N2O6PS. The van der Waals surface area contributed by atoms with E-state index in [1.807, 2.05) is 0 Å². The van der Waals surface area contributed by atoms with E-state index in [9.17, 15) is 17.8 Å². The summed E-state index contributed by atoms with van der Waals surface area (Å²) in [6.45, 7) is 4.00. The molecule has 1 aliphatic carbocycles. The van der Waals surface area contributed by atoms with Gasteiger partial charge in [0.25, 0.3) is 0 Å². The highest BCUT2D eigenvalue weighted by atomic mass is 32.2. The average Bonchev–Trinajstić information content (AvgIpc) is 3.35. The second kappa shape index (κ2) is 12.9. The zero-order valence-electron chi connectivity index (χ0n) is 21.1. The maximum absolute atomic E-state index is 13.4. The van der Waals surface area contributed by atoms with Crippen LogP contribution >= 0.6 is 7.60 Å². The van der Waals surface area contributed by atoms with Gasteiger partial charge in [0.15, 0.2) is 9.84 Å². The molecule has 2 aromatic rings. The second-order valence-corrected chi connectivity index (χ2v) is 13.0. The summed E-state index contributed by atoms with van der Waals surface area (Å²) in [5.41, 5.74) is 1.85. The summed E-state index contributed by atoms with van der Waals surface area (Å²) >= 11 is 0. The van der Waals surface area contributed by atoms with Gasteiger partial charge in [-0.25, -0.2) is 8.42 Å². The predicted octanol–water partition coefficient (Wildman–Crippen LogP) is 5.59. The molecule has 0 unspecified atom stereocenters. The first kappa shape index (κ1) is 28.4. The number of sulfone groups is 1. The lowest BCUT2D eigenvalue weighted by Crippen LogP contribution is -2.19. The number of hydrogen-bond acceptors (Lipinski definition) is 8. The summed E-state index contributed by atoms with van der Waals surface area (Å²) in [7, 11) is -6.64. The van der Waals surface area contributed by atoms with Crippen molar-refractivity contribution in [1.29, 1.82) is 0 Å². The molecule has 0 spiro atoms. The van der Waals surface area contributed by atoms with Crippen LogP contribution in [0.4, 0.5) is 0 Å². The van der Waals surface area contributed by atoms with E-state index in [1.54, 1.807) is 44.3 Å². The fourth-order valence-electron chi connectivity index (χ4n) is 4.47. The predicted molar refractivity (Wildman–Crippen MR) is 140 cm³/mol. The Morgan fingerprint density at radius 2 is 1.72 bits per heavy atom. The van der Waals surface area contributed by atoms with Crippen LogP contribution < -0.4 is 0 Å². The van der Waals surface area contributed by atoms with Gasteiger partial charge >= 0.3 is 7.60 Å². The van der Waals surface area contributed by atoms with Gasteiger partial charge in [-0.05, 0) is 50.0 Å². The summed E-state index contributed by atoms with van der Waals surface area (Å²) < 4.78 is 46.7. The Hall–Kier alpha value is -2.19. The van der Waals surface area contributed by atoms with Crippen molar-refractivity contribution in [1.82, 2.24) is 9.97 Å². The second-order valence-electron chi connectivity index (χ2n) is 9.05. The van der Waals surface area contributed by atoms with Crippen LogP contribution in [0.25, 0.3) is 6.08 Å². The number of rotatable bonds is 13. The van der Waals surface area contributed by atoms with Crippen LogP contribution in [-0.2, 0) is 34.7 Å². The van der Waals surface area contributed by atoms with Crippen molar-refractivity contribution in [3.8, 4) is 0 Å². The smallest absolute Gasteiger partial charge is 0.306 e. The van der Waals surface area contributed by atoms with Gasteiger partial charge in [0.2, 0.25) is 0 Å². The summed E-state index contributed by atoms with van der Waals surface area (Å²) in [5.74, 6) is 1.56. The van der Waals surface area contributed by atoms with Crippen molar-refractivity contribution in [2.45, 2.75) is 63.2 Å². The molecule has 0 amide bonds. The van der Waals surface area contributed by atoms with Gasteiger partial charge in [0.05, 0.1) is 42.1 Å². The zero-order valence-corrected chi connectivity index (χ0v) is 22.8. The van der Waals surface area contributed by atoms with E-state index in [2.05, 4.69) is 9.97 Å². The molecule has 1 aromatic carbocycles. The van der Waals surface area contributed by atoms with Gasteiger partial charge in [-0.2, -0.15) is 0 Å². The van der Waals surface area contributed by atoms with Gasteiger partial charge in [-0.15, -0.1) is 0 Å². The van der Waals surface area contributed by atoms with E-state index in [4.69, 9.17) is 9.05 Å². The van der Waals surface area contributed by atoms with E-state index >= 15 is 0 Å². The molecule has 1 atom stereocenters. The molecule has 0 saturated heterocycles. The van der Waals surface area contributed by atoms with E-state index in [0.717, 1.165) is 24.8 Å². The number of aromatic nitrogens is 2. The third-order valence-corrected chi connectivity index (χ3v) is 9.15. The molecule has 10 heteroatoms. The Bertz CT molecular complexity index is 1180. The van der Waals surface area contributed by atoms with E-state index in [0.29, 0.717) is 17.3 Å². The molecule has 1 aliphatic rings. The molecule has 8 nitrogen and oxygen atoms in total. The Morgan fingerprint density at radius 1 is 1.08 bits per heavy atom. The molecule has 0 N–H and O–H groups in total. The normalized spacial score (nSPS) is 16.0. The molecule has 3 rings (SSSR count). The summed E-state index contributed by atoms with van der Waals surface area (Å²) in [6, 6.07) is 6.65. The number of hydrogen-bond donors (Lipinski definition) is 0. The highest BCUT2D eigenvalue weighted by molar-refractivity contribution is 7.90. The average molecular weight is 535 g/mol. The molecule has 1 fully saturated rings. The lowest BCUT2D eigenvalue weighted by molar-refractivity contribution is -0.120. The third kappa shape index (κ3) is 8.17. The van der Waals surface area contributed by atoms with Crippen molar-refractivity contribution in [2.75, 3.05) is 19.5 Å². The van der Waals surface area contributed by atoms with Crippen molar-refractivity contribution >= 4 is 29.3 Å². The number of benzene rings is 1. The van der Waals surface area contributed by atoms with E-state index in [-0.39, 0.29) is 36.2 Å². The van der Waals surface area contributed by atoms with Crippen molar-refractivity contribution in [2.24, 2.45) is 5.92 Å². The Balaban J connectivity index is 1.74. The lowest BCUT2D eigenvalue weighted by Gasteiger charge is -2.20. The van der Waals surface area contributed by atoms with Crippen LogP contribution in [0.5, 0.6) is 0 Å². The van der Waals surface area contributed by atoms with E-state index < -0.39 is 17.4 Å². The number of ketones is 1. The van der Waals surface area contributed by atoms with Crippen LogP contribution in [0.3, 0.4) is 0 Å². The third-order valence-electron chi connectivity index (χ3n) is 6.27. The van der Waals surface area contributed by atoms with Crippen LogP contribution in [0.2, 0.25) is 0 Å². The van der Waals surface area contributed by atoms with Crippen molar-refractivity contribution < 1.29 is 26.8 Å². The largest absolute Gasteiger partial charge is 0.354 e.